The van der Waals surface area contributed by atoms with Crippen molar-refractivity contribution < 1.29 is 14.3 Å². The van der Waals surface area contributed by atoms with E-state index >= 15 is 0 Å². The molecule has 0 bridgehead atoms. The van der Waals surface area contributed by atoms with Crippen molar-refractivity contribution in [3.8, 4) is 0 Å². The molecule has 2 amide bonds. The third-order valence-corrected chi connectivity index (χ3v) is 5.11. The first-order valence-corrected chi connectivity index (χ1v) is 11.6. The van der Waals surface area contributed by atoms with E-state index in [2.05, 4.69) is 29.5 Å². The number of unbranched alkanes of at least 4 members (excludes halogenated alkanes) is 2. The Kier molecular flexibility index (Phi) is 17.8. The van der Waals surface area contributed by atoms with Crippen LogP contribution in [0.25, 0.3) is 0 Å². The molecule has 0 atom stereocenters. The van der Waals surface area contributed by atoms with Gasteiger partial charge in [-0.2, -0.15) is 0 Å². The minimum atomic E-state index is 0. The Hall–Kier alpha value is -1.10. The predicted octanol–water partition coefficient (Wildman–Crippen LogP) is 2.47. The first-order chi connectivity index (χ1) is 14.5. The van der Waals surface area contributed by atoms with Crippen LogP contribution in [-0.4, -0.2) is 87.1 Å². The lowest BCUT2D eigenvalue weighted by atomic mass is 10.1. The van der Waals surface area contributed by atoms with Crippen LogP contribution in [0.15, 0.2) is 4.99 Å². The molecule has 31 heavy (non-hydrogen) atoms. The number of carbonyl (C=O) groups excluding carboxylic acids is 2. The van der Waals surface area contributed by atoms with Crippen LogP contribution in [0.3, 0.4) is 0 Å². The van der Waals surface area contributed by atoms with Crippen LogP contribution in [0.5, 0.6) is 0 Å². The monoisotopic (exact) mass is 553 g/mol. The maximum atomic E-state index is 12.4. The van der Waals surface area contributed by atoms with Gasteiger partial charge in [-0.25, -0.2) is 0 Å². The molecule has 8 nitrogen and oxygen atoms in total. The molecule has 1 heterocycles. The van der Waals surface area contributed by atoms with E-state index in [1.165, 1.54) is 0 Å². The van der Waals surface area contributed by atoms with Gasteiger partial charge in [0.05, 0.1) is 0 Å². The molecule has 0 saturated carbocycles. The van der Waals surface area contributed by atoms with Gasteiger partial charge in [0, 0.05) is 72.4 Å². The molecule has 1 saturated heterocycles. The second-order valence-electron chi connectivity index (χ2n) is 8.15. The quantitative estimate of drug-likeness (QED) is 0.159. The molecule has 0 spiro atoms. The van der Waals surface area contributed by atoms with Crippen LogP contribution < -0.4 is 10.6 Å². The number of rotatable bonds is 13. The van der Waals surface area contributed by atoms with E-state index < -0.39 is 0 Å². The lowest BCUT2D eigenvalue weighted by molar-refractivity contribution is -0.140. The number of nitrogens with zero attached hydrogens (tertiary/aromatic N) is 3. The molecule has 1 rings (SSSR count). The molecular weight excluding hydrogens is 509 g/mol. The number of nitrogens with one attached hydrogen (secondary N) is 2. The predicted molar refractivity (Wildman–Crippen MR) is 137 cm³/mol. The SMILES string of the molecule is CCOCCCNC(=NC)NCCCCCC(=O)N1CCN(C(=O)CC(C)C)CC1.I. The zero-order valence-corrected chi connectivity index (χ0v) is 22.3. The summed E-state index contributed by atoms with van der Waals surface area (Å²) in [5.41, 5.74) is 0. The van der Waals surface area contributed by atoms with E-state index in [-0.39, 0.29) is 35.8 Å². The fourth-order valence-corrected chi connectivity index (χ4v) is 3.37. The molecule has 0 aliphatic carbocycles. The van der Waals surface area contributed by atoms with Gasteiger partial charge in [0.15, 0.2) is 5.96 Å². The molecule has 0 aromatic carbocycles. The third kappa shape index (κ3) is 13.8. The zero-order valence-electron chi connectivity index (χ0n) is 20.0. The number of aliphatic imine (C=N–C) groups is 1. The van der Waals surface area contributed by atoms with Crippen LogP contribution in [0, 0.1) is 5.92 Å². The molecular formula is C22H44IN5O3. The standard InChI is InChI=1S/C22H43N5O3.HI/c1-5-30-17-9-12-25-22(23-4)24-11-8-6-7-10-20(28)26-13-15-27(16-14-26)21(29)18-19(2)3;/h19H,5-18H2,1-4H3,(H2,23,24,25);1H. The van der Waals surface area contributed by atoms with Crippen molar-refractivity contribution >= 4 is 41.8 Å². The largest absolute Gasteiger partial charge is 0.382 e. The van der Waals surface area contributed by atoms with Crippen molar-refractivity contribution in [3.05, 3.63) is 0 Å². The highest BCUT2D eigenvalue weighted by Gasteiger charge is 2.23. The summed E-state index contributed by atoms with van der Waals surface area (Å²) in [4.78, 5) is 32.5. The molecule has 182 valence electrons. The van der Waals surface area contributed by atoms with Gasteiger partial charge in [-0.15, -0.1) is 24.0 Å². The van der Waals surface area contributed by atoms with Gasteiger partial charge in [-0.3, -0.25) is 14.6 Å². The zero-order chi connectivity index (χ0) is 22.2. The first-order valence-electron chi connectivity index (χ1n) is 11.6. The highest BCUT2D eigenvalue weighted by atomic mass is 127. The van der Waals surface area contributed by atoms with Crippen LogP contribution in [0.4, 0.5) is 0 Å². The highest BCUT2D eigenvalue weighted by Crippen LogP contribution is 2.10. The maximum absolute atomic E-state index is 12.4. The van der Waals surface area contributed by atoms with E-state index in [4.69, 9.17) is 4.74 Å². The second kappa shape index (κ2) is 18.5. The summed E-state index contributed by atoms with van der Waals surface area (Å²) in [6.45, 7) is 12.0. The Morgan fingerprint density at radius 3 is 2.06 bits per heavy atom. The number of halogens is 1. The van der Waals surface area contributed by atoms with Crippen LogP contribution in [-0.2, 0) is 14.3 Å². The first kappa shape index (κ1) is 29.9. The number of guanidine groups is 1. The summed E-state index contributed by atoms with van der Waals surface area (Å²) in [6.07, 6.45) is 5.04. The Balaban J connectivity index is 0.00000900. The van der Waals surface area contributed by atoms with E-state index in [0.29, 0.717) is 44.9 Å². The van der Waals surface area contributed by atoms with Gasteiger partial charge in [0.25, 0.3) is 0 Å². The molecule has 0 aromatic rings. The number of hydrogen-bond acceptors (Lipinski definition) is 4. The average molecular weight is 554 g/mol. The van der Waals surface area contributed by atoms with Crippen molar-refractivity contribution in [1.82, 2.24) is 20.4 Å². The van der Waals surface area contributed by atoms with Crippen molar-refractivity contribution in [2.24, 2.45) is 10.9 Å². The topological polar surface area (TPSA) is 86.3 Å². The molecule has 0 aromatic heterocycles. The summed E-state index contributed by atoms with van der Waals surface area (Å²) in [6, 6.07) is 0. The van der Waals surface area contributed by atoms with Crippen LogP contribution in [0.2, 0.25) is 0 Å². The second-order valence-corrected chi connectivity index (χ2v) is 8.15. The summed E-state index contributed by atoms with van der Waals surface area (Å²) < 4.78 is 5.32. The van der Waals surface area contributed by atoms with E-state index in [9.17, 15) is 9.59 Å². The third-order valence-electron chi connectivity index (χ3n) is 5.11. The molecule has 1 aliphatic heterocycles. The van der Waals surface area contributed by atoms with Gasteiger partial charge >= 0.3 is 0 Å². The molecule has 1 aliphatic rings. The van der Waals surface area contributed by atoms with E-state index in [1.54, 1.807) is 7.05 Å². The van der Waals surface area contributed by atoms with Gasteiger partial charge in [0.2, 0.25) is 11.8 Å². The van der Waals surface area contributed by atoms with E-state index in [1.807, 2.05) is 16.7 Å². The fourth-order valence-electron chi connectivity index (χ4n) is 3.37. The summed E-state index contributed by atoms with van der Waals surface area (Å²) in [7, 11) is 1.77. The average Bonchev–Trinajstić information content (AvgIpc) is 2.73. The molecule has 2 N–H and O–H groups in total. The van der Waals surface area contributed by atoms with Crippen LogP contribution in [0.1, 0.15) is 59.3 Å². The van der Waals surface area contributed by atoms with Gasteiger partial charge in [-0.05, 0) is 32.1 Å². The summed E-state index contributed by atoms with van der Waals surface area (Å²) in [5.74, 6) is 1.61. The van der Waals surface area contributed by atoms with Crippen molar-refractivity contribution in [1.29, 1.82) is 0 Å². The van der Waals surface area contributed by atoms with Gasteiger partial charge in [0.1, 0.15) is 0 Å². The maximum Gasteiger partial charge on any atom is 0.222 e. The smallest absolute Gasteiger partial charge is 0.222 e. The minimum absolute atomic E-state index is 0. The van der Waals surface area contributed by atoms with Crippen molar-refractivity contribution in [2.45, 2.75) is 59.3 Å². The Morgan fingerprint density at radius 2 is 1.52 bits per heavy atom. The number of ether oxygens (including phenoxy) is 1. The summed E-state index contributed by atoms with van der Waals surface area (Å²) in [5, 5.41) is 6.58. The molecule has 0 unspecified atom stereocenters. The number of hydrogen-bond donors (Lipinski definition) is 2. The van der Waals surface area contributed by atoms with Crippen LogP contribution >= 0.6 is 24.0 Å². The number of carbonyl (C=O) groups is 2. The molecule has 0 radical (unpaired) electrons. The summed E-state index contributed by atoms with van der Waals surface area (Å²) >= 11 is 0. The van der Waals surface area contributed by atoms with Crippen molar-refractivity contribution in [3.63, 3.8) is 0 Å². The van der Waals surface area contributed by atoms with Crippen molar-refractivity contribution in [2.75, 3.05) is 59.5 Å². The Labute approximate surface area is 205 Å². The molecule has 1 fully saturated rings. The fraction of sp³-hybridized carbons (Fsp3) is 0.864. The Morgan fingerprint density at radius 1 is 0.935 bits per heavy atom. The number of piperazine rings is 1. The Bertz CT molecular complexity index is 523. The minimum Gasteiger partial charge on any atom is -0.382 e. The number of amides is 2. The van der Waals surface area contributed by atoms with Gasteiger partial charge < -0.3 is 25.2 Å². The lowest BCUT2D eigenvalue weighted by Crippen LogP contribution is -2.50. The molecule has 9 heteroatoms. The van der Waals surface area contributed by atoms with E-state index in [0.717, 1.165) is 57.9 Å². The highest BCUT2D eigenvalue weighted by molar-refractivity contribution is 14.0. The normalized spacial score (nSPS) is 14.4. The lowest BCUT2D eigenvalue weighted by Gasteiger charge is -2.35. The van der Waals surface area contributed by atoms with Gasteiger partial charge in [-0.1, -0.05) is 20.3 Å².